The maximum absolute atomic E-state index is 8.93. The van der Waals surface area contributed by atoms with Crippen LogP contribution in [0.15, 0.2) is 30.5 Å². The third-order valence-electron chi connectivity index (χ3n) is 3.64. The first kappa shape index (κ1) is 16.1. The molecule has 24 heavy (non-hydrogen) atoms. The van der Waals surface area contributed by atoms with Gasteiger partial charge in [0.25, 0.3) is 0 Å². The predicted molar refractivity (Wildman–Crippen MR) is 90.0 cm³/mol. The molecule has 0 bridgehead atoms. The Morgan fingerprint density at radius 1 is 1.29 bits per heavy atom. The molecule has 1 aliphatic heterocycles. The lowest BCUT2D eigenvalue weighted by Crippen LogP contribution is -2.39. The summed E-state index contributed by atoms with van der Waals surface area (Å²) >= 11 is 0. The highest BCUT2D eigenvalue weighted by atomic mass is 16.5. The molecule has 8 nitrogen and oxygen atoms in total. The third-order valence-corrected chi connectivity index (χ3v) is 3.64. The number of rotatable bonds is 6. The van der Waals surface area contributed by atoms with E-state index in [0.29, 0.717) is 17.3 Å². The molecule has 0 amide bonds. The number of anilines is 3. The zero-order valence-electron chi connectivity index (χ0n) is 13.3. The molecule has 2 heterocycles. The minimum Gasteiger partial charge on any atom is -0.379 e. The molecule has 0 aliphatic carbocycles. The average molecular weight is 325 g/mol. The quantitative estimate of drug-likeness (QED) is 0.818. The molecule has 1 aromatic heterocycles. The minimum atomic E-state index is 0.390. The van der Waals surface area contributed by atoms with Crippen molar-refractivity contribution >= 4 is 17.5 Å². The first-order chi connectivity index (χ1) is 11.8. The summed E-state index contributed by atoms with van der Waals surface area (Å²) in [5, 5.41) is 23.2. The normalized spacial score (nSPS) is 14.8. The van der Waals surface area contributed by atoms with E-state index in [-0.39, 0.29) is 0 Å². The minimum absolute atomic E-state index is 0.390. The van der Waals surface area contributed by atoms with E-state index >= 15 is 0 Å². The summed E-state index contributed by atoms with van der Waals surface area (Å²) in [6.07, 6.45) is 1.59. The van der Waals surface area contributed by atoms with Crippen molar-refractivity contribution < 1.29 is 4.74 Å². The largest absolute Gasteiger partial charge is 0.379 e. The van der Waals surface area contributed by atoms with Gasteiger partial charge in [-0.3, -0.25) is 4.90 Å². The van der Waals surface area contributed by atoms with Gasteiger partial charge in [0.15, 0.2) is 5.82 Å². The first-order valence-corrected chi connectivity index (χ1v) is 7.84. The predicted octanol–water partition coefficient (Wildman–Crippen LogP) is 1.23. The van der Waals surface area contributed by atoms with Crippen molar-refractivity contribution in [1.29, 1.82) is 5.26 Å². The summed E-state index contributed by atoms with van der Waals surface area (Å²) < 4.78 is 5.33. The van der Waals surface area contributed by atoms with Gasteiger partial charge in [0.2, 0.25) is 5.95 Å². The van der Waals surface area contributed by atoms with E-state index in [1.807, 2.05) is 6.07 Å². The monoisotopic (exact) mass is 325 g/mol. The molecule has 0 atom stereocenters. The Hall–Kier alpha value is -2.76. The van der Waals surface area contributed by atoms with Crippen LogP contribution in [0.4, 0.5) is 17.5 Å². The van der Waals surface area contributed by atoms with Gasteiger partial charge in [-0.25, -0.2) is 0 Å². The van der Waals surface area contributed by atoms with E-state index in [9.17, 15) is 0 Å². The SMILES string of the molecule is N#Cc1cccc(Nc2nncc(NCCN3CCOCC3)n2)c1. The molecule has 124 valence electrons. The van der Waals surface area contributed by atoms with Crippen LogP contribution < -0.4 is 10.6 Å². The number of aromatic nitrogens is 3. The molecule has 0 saturated carbocycles. The molecule has 1 aromatic carbocycles. The van der Waals surface area contributed by atoms with Gasteiger partial charge in [-0.15, -0.1) is 5.10 Å². The van der Waals surface area contributed by atoms with Crippen LogP contribution >= 0.6 is 0 Å². The second kappa shape index (κ2) is 8.19. The summed E-state index contributed by atoms with van der Waals surface area (Å²) in [7, 11) is 0. The van der Waals surface area contributed by atoms with Crippen LogP contribution in [0.1, 0.15) is 5.56 Å². The van der Waals surface area contributed by atoms with Gasteiger partial charge < -0.3 is 15.4 Å². The van der Waals surface area contributed by atoms with Gasteiger partial charge in [-0.1, -0.05) is 6.07 Å². The summed E-state index contributed by atoms with van der Waals surface area (Å²) in [6.45, 7) is 5.23. The van der Waals surface area contributed by atoms with Crippen LogP contribution in [0.5, 0.6) is 0 Å². The average Bonchev–Trinajstić information content (AvgIpc) is 2.63. The standard InChI is InChI=1S/C16H19N7O/c17-11-13-2-1-3-14(10-13)20-16-21-15(12-19-22-16)18-4-5-23-6-8-24-9-7-23/h1-3,10,12H,4-9H2,(H2,18,20,21,22). The number of morpholine rings is 1. The maximum atomic E-state index is 8.93. The number of nitrogens with zero attached hydrogens (tertiary/aromatic N) is 5. The molecule has 1 fully saturated rings. The molecule has 1 aliphatic rings. The summed E-state index contributed by atoms with van der Waals surface area (Å²) in [5.41, 5.74) is 1.33. The van der Waals surface area contributed by atoms with E-state index in [1.165, 1.54) is 0 Å². The first-order valence-electron chi connectivity index (χ1n) is 7.84. The number of hydrogen-bond acceptors (Lipinski definition) is 8. The molecule has 0 unspecified atom stereocenters. The highest BCUT2D eigenvalue weighted by Gasteiger charge is 2.09. The smallest absolute Gasteiger partial charge is 0.249 e. The molecule has 8 heteroatoms. The Kier molecular flexibility index (Phi) is 5.50. The van der Waals surface area contributed by atoms with Crippen molar-refractivity contribution in [2.75, 3.05) is 50.0 Å². The number of hydrogen-bond donors (Lipinski definition) is 2. The van der Waals surface area contributed by atoms with E-state index in [0.717, 1.165) is 45.1 Å². The Bertz CT molecular complexity index is 710. The zero-order valence-corrected chi connectivity index (χ0v) is 13.3. The summed E-state index contributed by atoms with van der Waals surface area (Å²) in [6, 6.07) is 9.24. The van der Waals surface area contributed by atoms with Crippen LogP contribution in [-0.2, 0) is 4.74 Å². The molecular formula is C16H19N7O. The fourth-order valence-corrected chi connectivity index (χ4v) is 2.40. The van der Waals surface area contributed by atoms with Crippen LogP contribution in [0.3, 0.4) is 0 Å². The fraction of sp³-hybridized carbons (Fsp3) is 0.375. The summed E-state index contributed by atoms with van der Waals surface area (Å²) in [4.78, 5) is 6.73. The Morgan fingerprint density at radius 2 is 2.17 bits per heavy atom. The Labute approximate surface area is 140 Å². The highest BCUT2D eigenvalue weighted by molar-refractivity contribution is 5.56. The van der Waals surface area contributed by atoms with Gasteiger partial charge in [0, 0.05) is 31.9 Å². The van der Waals surface area contributed by atoms with E-state index in [4.69, 9.17) is 10.00 Å². The van der Waals surface area contributed by atoms with E-state index < -0.39 is 0 Å². The molecule has 2 N–H and O–H groups in total. The highest BCUT2D eigenvalue weighted by Crippen LogP contribution is 2.14. The van der Waals surface area contributed by atoms with Crippen molar-refractivity contribution in [2.45, 2.75) is 0 Å². The molecule has 3 rings (SSSR count). The lowest BCUT2D eigenvalue weighted by Gasteiger charge is -2.26. The molecule has 2 aromatic rings. The topological polar surface area (TPSA) is 99.0 Å². The van der Waals surface area contributed by atoms with Crippen molar-refractivity contribution in [3.8, 4) is 6.07 Å². The van der Waals surface area contributed by atoms with Crippen molar-refractivity contribution in [1.82, 2.24) is 20.1 Å². The van der Waals surface area contributed by atoms with Gasteiger partial charge >= 0.3 is 0 Å². The second-order valence-corrected chi connectivity index (χ2v) is 5.36. The van der Waals surface area contributed by atoms with Crippen LogP contribution in [0.25, 0.3) is 0 Å². The van der Waals surface area contributed by atoms with Gasteiger partial charge in [-0.2, -0.15) is 15.3 Å². The molecular weight excluding hydrogens is 306 g/mol. The molecule has 0 spiro atoms. The van der Waals surface area contributed by atoms with Crippen molar-refractivity contribution in [3.63, 3.8) is 0 Å². The maximum Gasteiger partial charge on any atom is 0.249 e. The summed E-state index contributed by atoms with van der Waals surface area (Å²) in [5.74, 6) is 1.05. The van der Waals surface area contributed by atoms with Crippen molar-refractivity contribution in [2.24, 2.45) is 0 Å². The van der Waals surface area contributed by atoms with Crippen LogP contribution in [-0.4, -0.2) is 59.5 Å². The zero-order chi connectivity index (χ0) is 16.6. The van der Waals surface area contributed by atoms with E-state index in [1.54, 1.807) is 24.4 Å². The van der Waals surface area contributed by atoms with Crippen molar-refractivity contribution in [3.05, 3.63) is 36.0 Å². The number of ether oxygens (including phenoxy) is 1. The third kappa shape index (κ3) is 4.62. The Morgan fingerprint density at radius 3 is 3.00 bits per heavy atom. The van der Waals surface area contributed by atoms with Crippen LogP contribution in [0.2, 0.25) is 0 Å². The number of nitrogens with one attached hydrogen (secondary N) is 2. The fourth-order valence-electron chi connectivity index (χ4n) is 2.40. The van der Waals surface area contributed by atoms with Gasteiger partial charge in [0.1, 0.15) is 0 Å². The lowest BCUT2D eigenvalue weighted by atomic mass is 10.2. The van der Waals surface area contributed by atoms with Gasteiger partial charge in [-0.05, 0) is 18.2 Å². The second-order valence-electron chi connectivity index (χ2n) is 5.36. The van der Waals surface area contributed by atoms with Crippen LogP contribution in [0, 0.1) is 11.3 Å². The molecule has 0 radical (unpaired) electrons. The Balaban J connectivity index is 1.54. The number of nitriles is 1. The van der Waals surface area contributed by atoms with Gasteiger partial charge in [0.05, 0.1) is 31.0 Å². The van der Waals surface area contributed by atoms with E-state index in [2.05, 4.69) is 36.8 Å². The lowest BCUT2D eigenvalue weighted by molar-refractivity contribution is 0.0398. The number of benzene rings is 1. The molecule has 1 saturated heterocycles.